The first-order chi connectivity index (χ1) is 15.7. The number of carbonyl (C=O) groups excluding carboxylic acids is 1. The maximum absolute atomic E-state index is 12.9. The van der Waals surface area contributed by atoms with Gasteiger partial charge in [-0.1, -0.05) is 36.4 Å². The van der Waals surface area contributed by atoms with Crippen molar-refractivity contribution in [2.24, 2.45) is 0 Å². The molecule has 2 heterocycles. The second kappa shape index (κ2) is 8.53. The molecule has 0 atom stereocenters. The number of ketones is 1. The highest BCUT2D eigenvalue weighted by atomic mass is 32.1. The molecule has 0 saturated heterocycles. The van der Waals surface area contributed by atoms with Gasteiger partial charge in [-0.3, -0.25) is 4.79 Å². The molecule has 1 N–H and O–H groups in total. The Balaban J connectivity index is 1.38. The van der Waals surface area contributed by atoms with Crippen LogP contribution in [-0.2, 0) is 0 Å². The number of benzene rings is 3. The molecule has 0 spiro atoms. The van der Waals surface area contributed by atoms with Crippen LogP contribution in [-0.4, -0.2) is 22.0 Å². The van der Waals surface area contributed by atoms with Crippen molar-refractivity contribution in [2.75, 3.05) is 0 Å². The molecule has 32 heavy (non-hydrogen) atoms. The van der Waals surface area contributed by atoms with Gasteiger partial charge in [0.05, 0.1) is 10.2 Å². The molecule has 5 nitrogen and oxygen atoms in total. The molecule has 0 aliphatic carbocycles. The van der Waals surface area contributed by atoms with E-state index in [4.69, 9.17) is 10.1 Å². The van der Waals surface area contributed by atoms with E-state index in [1.54, 1.807) is 30.5 Å². The SMILES string of the molecule is N=Cc1ccc(-c2cccnc2Oc2ccc(C(=O)c3nc4ccccc4s3)cc2)cc1. The van der Waals surface area contributed by atoms with Crippen LogP contribution in [0.15, 0.2) is 91.1 Å². The largest absolute Gasteiger partial charge is 0.438 e. The minimum atomic E-state index is -0.109. The van der Waals surface area contributed by atoms with Crippen molar-refractivity contribution >= 4 is 33.6 Å². The first kappa shape index (κ1) is 19.8. The zero-order valence-corrected chi connectivity index (χ0v) is 17.7. The molecular weight excluding hydrogens is 418 g/mol. The minimum Gasteiger partial charge on any atom is -0.438 e. The number of nitrogens with zero attached hydrogens (tertiary/aromatic N) is 2. The summed E-state index contributed by atoms with van der Waals surface area (Å²) in [5.41, 5.74) is 4.01. The molecule has 3 aromatic carbocycles. The highest BCUT2D eigenvalue weighted by Gasteiger charge is 2.15. The fourth-order valence-electron chi connectivity index (χ4n) is 3.33. The van der Waals surface area contributed by atoms with E-state index in [1.807, 2.05) is 60.7 Å². The number of carbonyl (C=O) groups is 1. The zero-order chi connectivity index (χ0) is 21.9. The van der Waals surface area contributed by atoms with Gasteiger partial charge >= 0.3 is 0 Å². The van der Waals surface area contributed by atoms with Crippen molar-refractivity contribution in [3.63, 3.8) is 0 Å². The predicted octanol–water partition coefficient (Wildman–Crippen LogP) is 6.38. The second-order valence-corrected chi connectivity index (χ2v) is 8.10. The third-order valence-electron chi connectivity index (χ3n) is 4.98. The summed E-state index contributed by atoms with van der Waals surface area (Å²) < 4.78 is 7.02. The molecule has 0 amide bonds. The van der Waals surface area contributed by atoms with Gasteiger partial charge in [-0.05, 0) is 59.7 Å². The van der Waals surface area contributed by atoms with E-state index >= 15 is 0 Å². The fraction of sp³-hybridized carbons (Fsp3) is 0. The molecule has 0 bridgehead atoms. The maximum atomic E-state index is 12.9. The van der Waals surface area contributed by atoms with Crippen molar-refractivity contribution in [3.05, 3.63) is 107 Å². The summed E-state index contributed by atoms with van der Waals surface area (Å²) in [5.74, 6) is 0.949. The molecule has 0 aliphatic heterocycles. The lowest BCUT2D eigenvalue weighted by atomic mass is 10.1. The summed E-state index contributed by atoms with van der Waals surface area (Å²) in [7, 11) is 0. The lowest BCUT2D eigenvalue weighted by molar-refractivity contribution is 0.103. The molecule has 6 heteroatoms. The number of hydrogen-bond acceptors (Lipinski definition) is 6. The first-order valence-corrected chi connectivity index (χ1v) is 10.8. The summed E-state index contributed by atoms with van der Waals surface area (Å²) in [6, 6.07) is 26.1. The first-order valence-electron chi connectivity index (χ1n) is 9.95. The molecule has 2 aromatic heterocycles. The molecule has 5 rings (SSSR count). The van der Waals surface area contributed by atoms with Crippen LogP contribution in [0, 0.1) is 5.41 Å². The number of hydrogen-bond donors (Lipinski definition) is 1. The van der Waals surface area contributed by atoms with E-state index in [2.05, 4.69) is 9.97 Å². The summed E-state index contributed by atoms with van der Waals surface area (Å²) in [5, 5.41) is 7.82. The molecular formula is C26H17N3O2S. The van der Waals surface area contributed by atoms with Crippen molar-refractivity contribution in [2.45, 2.75) is 0 Å². The van der Waals surface area contributed by atoms with E-state index < -0.39 is 0 Å². The molecule has 154 valence electrons. The third kappa shape index (κ3) is 3.91. The van der Waals surface area contributed by atoms with Crippen molar-refractivity contribution in [1.82, 2.24) is 9.97 Å². The van der Waals surface area contributed by atoms with Crippen molar-refractivity contribution < 1.29 is 9.53 Å². The molecule has 0 radical (unpaired) electrons. The molecule has 0 aliphatic rings. The van der Waals surface area contributed by atoms with Gasteiger partial charge in [0.2, 0.25) is 11.7 Å². The Bertz CT molecular complexity index is 1390. The summed E-state index contributed by atoms with van der Waals surface area (Å²) in [4.78, 5) is 21.7. The smallest absolute Gasteiger partial charge is 0.227 e. The number of thiazole rings is 1. The highest BCUT2D eigenvalue weighted by Crippen LogP contribution is 2.32. The molecule has 0 saturated carbocycles. The highest BCUT2D eigenvalue weighted by molar-refractivity contribution is 7.20. The van der Waals surface area contributed by atoms with Crippen LogP contribution in [0.2, 0.25) is 0 Å². The minimum absolute atomic E-state index is 0.109. The number of fused-ring (bicyclic) bond motifs is 1. The lowest BCUT2D eigenvalue weighted by Crippen LogP contribution is -2.00. The fourth-order valence-corrected chi connectivity index (χ4v) is 4.26. The van der Waals surface area contributed by atoms with Crippen LogP contribution in [0.5, 0.6) is 11.6 Å². The Hall–Kier alpha value is -4.16. The molecule has 0 unspecified atom stereocenters. The summed E-state index contributed by atoms with van der Waals surface area (Å²) in [6.45, 7) is 0. The quantitative estimate of drug-likeness (QED) is 0.248. The Kier molecular flexibility index (Phi) is 5.27. The Morgan fingerprint density at radius 1 is 0.906 bits per heavy atom. The van der Waals surface area contributed by atoms with Crippen LogP contribution < -0.4 is 4.74 Å². The summed E-state index contributed by atoms with van der Waals surface area (Å²) in [6.07, 6.45) is 2.98. The van der Waals surface area contributed by atoms with Gasteiger partial charge in [0, 0.05) is 23.5 Å². The Morgan fingerprint density at radius 2 is 1.69 bits per heavy atom. The average molecular weight is 436 g/mol. The summed E-state index contributed by atoms with van der Waals surface area (Å²) >= 11 is 1.39. The number of rotatable bonds is 6. The van der Waals surface area contributed by atoms with Gasteiger partial charge in [-0.2, -0.15) is 0 Å². The van der Waals surface area contributed by atoms with Crippen LogP contribution in [0.3, 0.4) is 0 Å². The van der Waals surface area contributed by atoms with E-state index in [9.17, 15) is 4.79 Å². The Labute approximate surface area is 188 Å². The number of aromatic nitrogens is 2. The van der Waals surface area contributed by atoms with Gasteiger partial charge in [-0.15, -0.1) is 11.3 Å². The predicted molar refractivity (Wildman–Crippen MR) is 127 cm³/mol. The number of nitrogens with one attached hydrogen (secondary N) is 1. The van der Waals surface area contributed by atoms with E-state index in [0.29, 0.717) is 22.2 Å². The van der Waals surface area contributed by atoms with Gasteiger partial charge in [0.25, 0.3) is 0 Å². The van der Waals surface area contributed by atoms with Crippen LogP contribution in [0.4, 0.5) is 0 Å². The number of ether oxygens (including phenoxy) is 1. The van der Waals surface area contributed by atoms with Crippen LogP contribution in [0.1, 0.15) is 20.9 Å². The third-order valence-corrected chi connectivity index (χ3v) is 6.01. The maximum Gasteiger partial charge on any atom is 0.227 e. The van der Waals surface area contributed by atoms with E-state index in [0.717, 1.165) is 26.9 Å². The lowest BCUT2D eigenvalue weighted by Gasteiger charge is -2.10. The monoisotopic (exact) mass is 435 g/mol. The zero-order valence-electron chi connectivity index (χ0n) is 16.9. The molecule has 0 fully saturated rings. The topological polar surface area (TPSA) is 75.9 Å². The van der Waals surface area contributed by atoms with Gasteiger partial charge in [0.15, 0.2) is 5.01 Å². The van der Waals surface area contributed by atoms with Gasteiger partial charge in [-0.25, -0.2) is 9.97 Å². The average Bonchev–Trinajstić information content (AvgIpc) is 3.29. The number of pyridine rings is 1. The van der Waals surface area contributed by atoms with Crippen molar-refractivity contribution in [3.8, 4) is 22.8 Å². The van der Waals surface area contributed by atoms with Gasteiger partial charge in [0.1, 0.15) is 5.75 Å². The van der Waals surface area contributed by atoms with Crippen LogP contribution >= 0.6 is 11.3 Å². The standard InChI is InChI=1S/C26H17N3O2S/c27-16-17-7-9-18(10-8-17)21-4-3-15-28-25(21)31-20-13-11-19(12-14-20)24(30)26-29-22-5-1-2-6-23(22)32-26/h1-16,27H. The normalized spacial score (nSPS) is 10.8. The van der Waals surface area contributed by atoms with E-state index in [1.165, 1.54) is 17.6 Å². The van der Waals surface area contributed by atoms with Crippen LogP contribution in [0.25, 0.3) is 21.3 Å². The second-order valence-electron chi connectivity index (χ2n) is 7.06. The van der Waals surface area contributed by atoms with Gasteiger partial charge < -0.3 is 10.1 Å². The number of para-hydroxylation sites is 1. The Morgan fingerprint density at radius 3 is 2.44 bits per heavy atom. The van der Waals surface area contributed by atoms with Crippen molar-refractivity contribution in [1.29, 1.82) is 5.41 Å². The molecule has 5 aromatic rings. The van der Waals surface area contributed by atoms with E-state index in [-0.39, 0.29) is 5.78 Å².